The average Bonchev–Trinajstić information content (AvgIpc) is 3.13. The van der Waals surface area contributed by atoms with E-state index in [2.05, 4.69) is 25.7 Å². The highest BCUT2D eigenvalue weighted by Gasteiger charge is 2.34. The molecule has 0 unspecified atom stereocenters. The van der Waals surface area contributed by atoms with Gasteiger partial charge >= 0.3 is 6.18 Å². The van der Waals surface area contributed by atoms with E-state index >= 15 is 0 Å². The molecule has 9 nitrogen and oxygen atoms in total. The number of alkyl halides is 3. The van der Waals surface area contributed by atoms with Gasteiger partial charge in [-0.15, -0.1) is 0 Å². The molecule has 1 amide bonds. The van der Waals surface area contributed by atoms with Crippen molar-refractivity contribution in [2.45, 2.75) is 26.3 Å². The van der Waals surface area contributed by atoms with E-state index in [1.807, 2.05) is 12.1 Å². The van der Waals surface area contributed by atoms with E-state index in [1.54, 1.807) is 31.0 Å². The second-order valence-corrected chi connectivity index (χ2v) is 7.66. The van der Waals surface area contributed by atoms with Gasteiger partial charge in [0.25, 0.3) is 0 Å². The Hall–Kier alpha value is -3.83. The van der Waals surface area contributed by atoms with Gasteiger partial charge in [-0.1, -0.05) is 12.1 Å². The molecule has 174 valence electrons. The van der Waals surface area contributed by atoms with E-state index in [4.69, 9.17) is 4.74 Å². The number of aryl methyl sites for hydroxylation is 2. The average molecular weight is 461 g/mol. The van der Waals surface area contributed by atoms with E-state index in [0.29, 0.717) is 41.1 Å². The number of ether oxygens (including phenoxy) is 1. The summed E-state index contributed by atoms with van der Waals surface area (Å²) in [7, 11) is 3.24. The third kappa shape index (κ3) is 4.99. The van der Waals surface area contributed by atoms with Crippen molar-refractivity contribution in [2.75, 3.05) is 29.1 Å². The topological polar surface area (TPSA) is 97.2 Å². The summed E-state index contributed by atoms with van der Waals surface area (Å²) in [6, 6.07) is 8.12. The summed E-state index contributed by atoms with van der Waals surface area (Å²) < 4.78 is 45.1. The maximum Gasteiger partial charge on any atom is 0.435 e. The summed E-state index contributed by atoms with van der Waals surface area (Å²) in [4.78, 5) is 22.4. The number of hydrogen-bond donors (Lipinski definition) is 2. The summed E-state index contributed by atoms with van der Waals surface area (Å²) in [5.41, 5.74) is 1.57. The Morgan fingerprint density at radius 1 is 1.18 bits per heavy atom. The van der Waals surface area contributed by atoms with Crippen molar-refractivity contribution in [3.8, 4) is 5.75 Å². The Balaban J connectivity index is 1.36. The van der Waals surface area contributed by atoms with E-state index in [-0.39, 0.29) is 19.1 Å². The summed E-state index contributed by atoms with van der Waals surface area (Å²) in [5.74, 6) is 1.50. The number of likely N-dealkylation sites (N-methyl/N-ethyl adjacent to an activating group) is 1. The van der Waals surface area contributed by atoms with Gasteiger partial charge in [0, 0.05) is 20.6 Å². The summed E-state index contributed by atoms with van der Waals surface area (Å²) in [5, 5.41) is 9.43. The maximum atomic E-state index is 12.8. The monoisotopic (exact) mass is 461 g/mol. The largest absolute Gasteiger partial charge is 0.487 e. The molecule has 3 heterocycles. The number of rotatable bonds is 6. The van der Waals surface area contributed by atoms with E-state index in [1.165, 1.54) is 7.05 Å². The number of nitrogens with zero attached hydrogens (tertiary/aromatic N) is 5. The number of carbonyl (C=O) groups is 1. The molecule has 0 saturated heterocycles. The molecule has 0 atom stereocenters. The number of amides is 1. The molecule has 33 heavy (non-hydrogen) atoms. The number of benzene rings is 1. The molecule has 0 bridgehead atoms. The number of carbonyl (C=O) groups excluding carboxylic acids is 1. The minimum Gasteiger partial charge on any atom is -0.487 e. The molecule has 2 N–H and O–H groups in total. The van der Waals surface area contributed by atoms with Gasteiger partial charge < -0.3 is 20.3 Å². The molecule has 2 aromatic heterocycles. The molecule has 0 saturated carbocycles. The van der Waals surface area contributed by atoms with Crippen LogP contribution in [0.5, 0.6) is 5.75 Å². The highest BCUT2D eigenvalue weighted by atomic mass is 19.4. The number of anilines is 3. The maximum absolute atomic E-state index is 12.8. The van der Waals surface area contributed by atoms with Crippen LogP contribution >= 0.6 is 0 Å². The molecule has 1 aromatic carbocycles. The highest BCUT2D eigenvalue weighted by molar-refractivity contribution is 6.00. The fraction of sp³-hybridized carbons (Fsp3) is 0.333. The first-order valence-electron chi connectivity index (χ1n) is 10.1. The van der Waals surface area contributed by atoms with Gasteiger partial charge in [0.2, 0.25) is 11.9 Å². The minimum absolute atomic E-state index is 0.0382. The van der Waals surface area contributed by atoms with Crippen LogP contribution in [0.3, 0.4) is 0 Å². The van der Waals surface area contributed by atoms with Crippen molar-refractivity contribution < 1.29 is 22.7 Å². The van der Waals surface area contributed by atoms with Gasteiger partial charge in [-0.05, 0) is 30.7 Å². The number of fused-ring (bicyclic) bond motifs is 1. The van der Waals surface area contributed by atoms with Crippen LogP contribution in [-0.2, 0) is 31.2 Å². The van der Waals surface area contributed by atoms with Crippen molar-refractivity contribution in [2.24, 2.45) is 7.05 Å². The first-order valence-corrected chi connectivity index (χ1v) is 10.1. The van der Waals surface area contributed by atoms with Gasteiger partial charge in [0.05, 0.1) is 17.9 Å². The normalized spacial score (nSPS) is 13.5. The van der Waals surface area contributed by atoms with Crippen LogP contribution in [-0.4, -0.2) is 39.2 Å². The molecule has 0 aliphatic carbocycles. The number of aromatic nitrogens is 4. The number of hydrogen-bond acceptors (Lipinski definition) is 7. The molecule has 0 radical (unpaired) electrons. The fourth-order valence-corrected chi connectivity index (χ4v) is 3.35. The van der Waals surface area contributed by atoms with Crippen molar-refractivity contribution in [1.29, 1.82) is 0 Å². The van der Waals surface area contributed by atoms with E-state index in [0.717, 1.165) is 16.3 Å². The lowest BCUT2D eigenvalue weighted by Gasteiger charge is -2.27. The molecular weight excluding hydrogens is 439 g/mol. The fourth-order valence-electron chi connectivity index (χ4n) is 3.35. The van der Waals surface area contributed by atoms with Crippen LogP contribution in [0.2, 0.25) is 0 Å². The molecule has 12 heteroatoms. The number of halogens is 3. The lowest BCUT2D eigenvalue weighted by Crippen LogP contribution is -2.36. The minimum atomic E-state index is -4.49. The van der Waals surface area contributed by atoms with Gasteiger partial charge in [0.15, 0.2) is 11.5 Å². The van der Waals surface area contributed by atoms with E-state index < -0.39 is 11.9 Å². The van der Waals surface area contributed by atoms with Gasteiger partial charge in [0.1, 0.15) is 18.0 Å². The van der Waals surface area contributed by atoms with Gasteiger partial charge in [-0.2, -0.15) is 23.3 Å². The third-order valence-electron chi connectivity index (χ3n) is 5.11. The van der Waals surface area contributed by atoms with Crippen LogP contribution in [0, 0.1) is 6.92 Å². The lowest BCUT2D eigenvalue weighted by atomic mass is 10.2. The van der Waals surface area contributed by atoms with Crippen molar-refractivity contribution in [3.05, 3.63) is 53.0 Å². The Labute approximate surface area is 187 Å². The molecular formula is C21H22F3N7O2. The van der Waals surface area contributed by atoms with Crippen LogP contribution in [0.1, 0.15) is 22.6 Å². The van der Waals surface area contributed by atoms with Crippen LogP contribution in [0.4, 0.5) is 30.6 Å². The summed E-state index contributed by atoms with van der Waals surface area (Å²) >= 11 is 0. The lowest BCUT2D eigenvalue weighted by molar-refractivity contribution is -0.141. The SMILES string of the molecule is Cc1nc(NCc2ccc(OCc3cc(C(F)(F)F)nn3C)cc2)nc2c1NC(=O)CN2C. The number of nitrogens with one attached hydrogen (secondary N) is 2. The van der Waals surface area contributed by atoms with Crippen molar-refractivity contribution >= 4 is 23.4 Å². The zero-order valence-electron chi connectivity index (χ0n) is 18.2. The van der Waals surface area contributed by atoms with Crippen LogP contribution < -0.4 is 20.3 Å². The molecule has 1 aliphatic heterocycles. The molecule has 3 aromatic rings. The predicted octanol–water partition coefficient (Wildman–Crippen LogP) is 3.12. The van der Waals surface area contributed by atoms with Crippen molar-refractivity contribution in [1.82, 2.24) is 19.7 Å². The quantitative estimate of drug-likeness (QED) is 0.582. The first-order chi connectivity index (χ1) is 15.6. The Morgan fingerprint density at radius 3 is 2.58 bits per heavy atom. The molecule has 1 aliphatic rings. The molecule has 0 fully saturated rings. The second kappa shape index (κ2) is 8.60. The first kappa shape index (κ1) is 22.4. The van der Waals surface area contributed by atoms with Gasteiger partial charge in [-0.25, -0.2) is 4.98 Å². The standard InChI is InChI=1S/C21H22F3N7O2/c1-12-18-19(30(2)10-17(32)27-18)28-20(26-12)25-9-13-4-6-15(7-5-13)33-11-14-8-16(21(22,23)24)29-31(14)3/h4-8H,9-11H2,1-3H3,(H,27,32)(H,25,26,28). The predicted molar refractivity (Wildman–Crippen MR) is 115 cm³/mol. The van der Waals surface area contributed by atoms with Gasteiger partial charge in [-0.3, -0.25) is 9.48 Å². The smallest absolute Gasteiger partial charge is 0.435 e. The Bertz CT molecular complexity index is 1180. The third-order valence-corrected chi connectivity index (χ3v) is 5.11. The summed E-state index contributed by atoms with van der Waals surface area (Å²) in [6.45, 7) is 2.44. The molecule has 0 spiro atoms. The van der Waals surface area contributed by atoms with Crippen LogP contribution in [0.15, 0.2) is 30.3 Å². The highest BCUT2D eigenvalue weighted by Crippen LogP contribution is 2.30. The Morgan fingerprint density at radius 2 is 1.91 bits per heavy atom. The second-order valence-electron chi connectivity index (χ2n) is 7.66. The van der Waals surface area contributed by atoms with Crippen LogP contribution in [0.25, 0.3) is 0 Å². The zero-order valence-corrected chi connectivity index (χ0v) is 18.2. The van der Waals surface area contributed by atoms with E-state index in [9.17, 15) is 18.0 Å². The zero-order chi connectivity index (χ0) is 23.8. The summed E-state index contributed by atoms with van der Waals surface area (Å²) in [6.07, 6.45) is -4.49. The van der Waals surface area contributed by atoms with Crippen molar-refractivity contribution in [3.63, 3.8) is 0 Å². The molecule has 4 rings (SSSR count). The Kier molecular flexibility index (Phi) is 5.83.